The summed E-state index contributed by atoms with van der Waals surface area (Å²) in [7, 11) is 0. The highest BCUT2D eigenvalue weighted by Gasteiger charge is 2.21. The number of carboxylic acids is 1. The number of carbonyl (C=O) groups is 1. The first-order valence-electron chi connectivity index (χ1n) is 4.49. The molecule has 6 nitrogen and oxygen atoms in total. The molecular formula is C8H11N3O3. The number of aromatic carboxylic acids is 1. The lowest BCUT2D eigenvalue weighted by atomic mass is 10.1. The molecule has 0 spiro atoms. The molecule has 0 saturated carbocycles. The van der Waals surface area contributed by atoms with E-state index in [1.54, 1.807) is 4.57 Å². The number of nitrogens with zero attached hydrogens (tertiary/aromatic N) is 3. The van der Waals surface area contributed by atoms with Gasteiger partial charge in [-0.15, -0.1) is 10.2 Å². The summed E-state index contributed by atoms with van der Waals surface area (Å²) >= 11 is 0. The Kier molecular flexibility index (Phi) is 2.45. The second kappa shape index (κ2) is 3.75. The minimum atomic E-state index is -1.03. The zero-order chi connectivity index (χ0) is 9.97. The number of hydrogen-bond acceptors (Lipinski definition) is 4. The molecule has 2 rings (SSSR count). The molecule has 1 saturated heterocycles. The lowest BCUT2D eigenvalue weighted by Crippen LogP contribution is -2.22. The zero-order valence-corrected chi connectivity index (χ0v) is 7.59. The van der Waals surface area contributed by atoms with Gasteiger partial charge >= 0.3 is 5.97 Å². The Morgan fingerprint density at radius 2 is 2.29 bits per heavy atom. The Labute approximate surface area is 80.5 Å². The number of ether oxygens (including phenoxy) is 1. The molecule has 1 fully saturated rings. The van der Waals surface area contributed by atoms with Crippen molar-refractivity contribution in [2.75, 3.05) is 13.2 Å². The third kappa shape index (κ3) is 1.60. The predicted octanol–water partition coefficient (Wildman–Crippen LogP) is 0.328. The molecule has 0 aromatic carbocycles. The number of carboxylic acid groups (broad SMARTS) is 1. The topological polar surface area (TPSA) is 77.2 Å². The smallest absolute Gasteiger partial charge is 0.374 e. The van der Waals surface area contributed by atoms with Crippen molar-refractivity contribution >= 4 is 5.97 Å². The minimum Gasteiger partial charge on any atom is -0.475 e. The summed E-state index contributed by atoms with van der Waals surface area (Å²) in [6.45, 7) is 1.34. The van der Waals surface area contributed by atoms with Gasteiger partial charge in [-0.3, -0.25) is 0 Å². The van der Waals surface area contributed by atoms with Crippen molar-refractivity contribution < 1.29 is 14.6 Å². The van der Waals surface area contributed by atoms with E-state index in [1.165, 1.54) is 6.33 Å². The number of hydrogen-bond donors (Lipinski definition) is 1. The molecule has 1 aliphatic rings. The van der Waals surface area contributed by atoms with Crippen molar-refractivity contribution in [1.29, 1.82) is 0 Å². The second-order valence-electron chi connectivity index (χ2n) is 3.21. The molecule has 0 atom stereocenters. The lowest BCUT2D eigenvalue weighted by molar-refractivity contribution is 0.0602. The van der Waals surface area contributed by atoms with Crippen molar-refractivity contribution in [3.63, 3.8) is 0 Å². The molecule has 2 heterocycles. The summed E-state index contributed by atoms with van der Waals surface area (Å²) in [6, 6.07) is 0.157. The van der Waals surface area contributed by atoms with Crippen molar-refractivity contribution in [2.24, 2.45) is 0 Å². The molecular weight excluding hydrogens is 186 g/mol. The number of aromatic nitrogens is 3. The fourth-order valence-electron chi connectivity index (χ4n) is 1.63. The van der Waals surface area contributed by atoms with Crippen molar-refractivity contribution in [3.05, 3.63) is 12.2 Å². The fraction of sp³-hybridized carbons (Fsp3) is 0.625. The van der Waals surface area contributed by atoms with Gasteiger partial charge in [0.25, 0.3) is 0 Å². The standard InChI is InChI=1S/C8H11N3O3/c12-8(13)7-10-9-5-11(7)6-1-3-14-4-2-6/h5-6H,1-4H2,(H,12,13). The maximum Gasteiger partial charge on any atom is 0.374 e. The van der Waals surface area contributed by atoms with E-state index in [4.69, 9.17) is 9.84 Å². The van der Waals surface area contributed by atoms with Crippen LogP contribution >= 0.6 is 0 Å². The van der Waals surface area contributed by atoms with Crippen LogP contribution in [0.2, 0.25) is 0 Å². The molecule has 0 aliphatic carbocycles. The molecule has 1 aliphatic heterocycles. The highest BCUT2D eigenvalue weighted by atomic mass is 16.5. The van der Waals surface area contributed by atoms with Gasteiger partial charge < -0.3 is 14.4 Å². The predicted molar refractivity (Wildman–Crippen MR) is 46.1 cm³/mol. The maximum absolute atomic E-state index is 10.8. The van der Waals surface area contributed by atoms with Crippen LogP contribution in [-0.2, 0) is 4.74 Å². The van der Waals surface area contributed by atoms with E-state index >= 15 is 0 Å². The Hall–Kier alpha value is -1.43. The van der Waals surface area contributed by atoms with Crippen LogP contribution in [0.1, 0.15) is 29.5 Å². The van der Waals surface area contributed by atoms with Gasteiger partial charge in [0, 0.05) is 19.3 Å². The summed E-state index contributed by atoms with van der Waals surface area (Å²) in [5, 5.41) is 16.0. The first-order valence-corrected chi connectivity index (χ1v) is 4.49. The summed E-state index contributed by atoms with van der Waals surface area (Å²) in [5.74, 6) is -1.02. The number of rotatable bonds is 2. The van der Waals surface area contributed by atoms with Crippen molar-refractivity contribution in [1.82, 2.24) is 14.8 Å². The van der Waals surface area contributed by atoms with Crippen LogP contribution in [0, 0.1) is 0 Å². The average Bonchev–Trinajstić information content (AvgIpc) is 2.67. The van der Waals surface area contributed by atoms with E-state index in [9.17, 15) is 4.79 Å². The van der Waals surface area contributed by atoms with Crippen LogP contribution in [0.15, 0.2) is 6.33 Å². The molecule has 0 unspecified atom stereocenters. The van der Waals surface area contributed by atoms with Gasteiger partial charge in [-0.2, -0.15) is 0 Å². The normalized spacial score (nSPS) is 18.3. The summed E-state index contributed by atoms with van der Waals surface area (Å²) in [4.78, 5) is 10.8. The zero-order valence-electron chi connectivity index (χ0n) is 7.59. The quantitative estimate of drug-likeness (QED) is 0.739. The van der Waals surface area contributed by atoms with Crippen LogP contribution in [-0.4, -0.2) is 39.1 Å². The molecule has 0 radical (unpaired) electrons. The summed E-state index contributed by atoms with van der Waals surface area (Å²) < 4.78 is 6.81. The molecule has 14 heavy (non-hydrogen) atoms. The van der Waals surface area contributed by atoms with E-state index in [0.29, 0.717) is 13.2 Å². The molecule has 1 N–H and O–H groups in total. The van der Waals surface area contributed by atoms with E-state index < -0.39 is 5.97 Å². The molecule has 1 aromatic heterocycles. The van der Waals surface area contributed by atoms with Gasteiger partial charge in [-0.25, -0.2) is 4.79 Å². The average molecular weight is 197 g/mol. The third-order valence-electron chi connectivity index (χ3n) is 2.35. The van der Waals surface area contributed by atoms with Crippen molar-refractivity contribution in [2.45, 2.75) is 18.9 Å². The lowest BCUT2D eigenvalue weighted by Gasteiger charge is -2.23. The molecule has 0 bridgehead atoms. The summed E-state index contributed by atoms with van der Waals surface area (Å²) in [5.41, 5.74) is 0. The van der Waals surface area contributed by atoms with Gasteiger partial charge in [0.1, 0.15) is 6.33 Å². The van der Waals surface area contributed by atoms with Crippen molar-refractivity contribution in [3.8, 4) is 0 Å². The first-order chi connectivity index (χ1) is 6.79. The Bertz CT molecular complexity index is 330. The molecule has 6 heteroatoms. The van der Waals surface area contributed by atoms with E-state index in [2.05, 4.69) is 10.2 Å². The monoisotopic (exact) mass is 197 g/mol. The largest absolute Gasteiger partial charge is 0.475 e. The highest BCUT2D eigenvalue weighted by molar-refractivity contribution is 5.83. The van der Waals surface area contributed by atoms with Gasteiger partial charge in [-0.1, -0.05) is 0 Å². The van der Waals surface area contributed by atoms with Gasteiger partial charge in [0.15, 0.2) is 0 Å². The van der Waals surface area contributed by atoms with Crippen LogP contribution in [0.25, 0.3) is 0 Å². The van der Waals surface area contributed by atoms with Gasteiger partial charge in [0.2, 0.25) is 5.82 Å². The maximum atomic E-state index is 10.8. The second-order valence-corrected chi connectivity index (χ2v) is 3.21. The van der Waals surface area contributed by atoms with Gasteiger partial charge in [0.05, 0.1) is 0 Å². The molecule has 76 valence electrons. The van der Waals surface area contributed by atoms with Crippen LogP contribution in [0.4, 0.5) is 0 Å². The third-order valence-corrected chi connectivity index (χ3v) is 2.35. The van der Waals surface area contributed by atoms with Gasteiger partial charge in [-0.05, 0) is 12.8 Å². The van der Waals surface area contributed by atoms with Crippen LogP contribution < -0.4 is 0 Å². The highest BCUT2D eigenvalue weighted by Crippen LogP contribution is 2.21. The van der Waals surface area contributed by atoms with E-state index in [-0.39, 0.29) is 11.9 Å². The first kappa shape index (κ1) is 9.14. The Balaban J connectivity index is 2.21. The molecule has 0 amide bonds. The van der Waals surface area contributed by atoms with E-state index in [0.717, 1.165) is 12.8 Å². The SMILES string of the molecule is O=C(O)c1nncn1C1CCOCC1. The van der Waals surface area contributed by atoms with Crippen LogP contribution in [0.3, 0.4) is 0 Å². The Morgan fingerprint density at radius 1 is 1.57 bits per heavy atom. The molecule has 1 aromatic rings. The van der Waals surface area contributed by atoms with E-state index in [1.807, 2.05) is 0 Å². The summed E-state index contributed by atoms with van der Waals surface area (Å²) in [6.07, 6.45) is 3.11. The fourth-order valence-corrected chi connectivity index (χ4v) is 1.63. The van der Waals surface area contributed by atoms with Crippen LogP contribution in [0.5, 0.6) is 0 Å². The Morgan fingerprint density at radius 3 is 2.93 bits per heavy atom. The minimum absolute atomic E-state index is 0.0110.